The van der Waals surface area contributed by atoms with Gasteiger partial charge in [0.25, 0.3) is 0 Å². The Morgan fingerprint density at radius 2 is 1.94 bits per heavy atom. The second-order valence-corrected chi connectivity index (χ2v) is 3.68. The molecule has 6 heteroatoms. The first-order chi connectivity index (χ1) is 7.41. The molecule has 3 nitrogen and oxygen atoms in total. The Morgan fingerprint density at radius 3 is 2.41 bits per heavy atom. The number of carbonyl (C=O) groups is 1. The molecule has 3 N–H and O–H groups in total. The van der Waals surface area contributed by atoms with Gasteiger partial charge in [0, 0.05) is 11.6 Å². The Labute approximate surface area is 105 Å². The molecule has 1 aromatic rings. The van der Waals surface area contributed by atoms with E-state index in [1.807, 2.05) is 0 Å². The van der Waals surface area contributed by atoms with E-state index in [1.54, 1.807) is 6.92 Å². The van der Waals surface area contributed by atoms with Crippen LogP contribution >= 0.6 is 12.4 Å². The Morgan fingerprint density at radius 1 is 1.35 bits per heavy atom. The van der Waals surface area contributed by atoms with E-state index >= 15 is 0 Å². The highest BCUT2D eigenvalue weighted by molar-refractivity contribution is 5.85. The molecule has 0 saturated carbocycles. The highest BCUT2D eigenvalue weighted by Crippen LogP contribution is 2.17. The molecule has 1 rings (SSSR count). The second kappa shape index (κ2) is 6.51. The van der Waals surface area contributed by atoms with Crippen molar-refractivity contribution >= 4 is 18.3 Å². The van der Waals surface area contributed by atoms with E-state index in [4.69, 9.17) is 5.73 Å². The Kier molecular flexibility index (Phi) is 6.05. The summed E-state index contributed by atoms with van der Waals surface area (Å²) in [7, 11) is 0. The lowest BCUT2D eigenvalue weighted by Crippen LogP contribution is -2.39. The molecule has 0 aliphatic heterocycles. The van der Waals surface area contributed by atoms with Crippen molar-refractivity contribution in [2.75, 3.05) is 0 Å². The summed E-state index contributed by atoms with van der Waals surface area (Å²) in [5, 5.41) is 2.53. The minimum absolute atomic E-state index is 0. The summed E-state index contributed by atoms with van der Waals surface area (Å²) in [6.45, 7) is 3.14. The van der Waals surface area contributed by atoms with Crippen LogP contribution in [0.4, 0.5) is 8.78 Å². The minimum Gasteiger partial charge on any atom is -0.348 e. The molecule has 0 aromatic heterocycles. The van der Waals surface area contributed by atoms with E-state index < -0.39 is 23.7 Å². The van der Waals surface area contributed by atoms with Crippen LogP contribution in [-0.2, 0) is 4.79 Å². The lowest BCUT2D eigenvalue weighted by atomic mass is 10.1. The number of hydrogen-bond donors (Lipinski definition) is 2. The number of carbonyl (C=O) groups excluding carboxylic acids is 1. The fraction of sp³-hybridized carbons (Fsp3) is 0.364. The quantitative estimate of drug-likeness (QED) is 0.876. The van der Waals surface area contributed by atoms with Gasteiger partial charge in [0.2, 0.25) is 5.91 Å². The smallest absolute Gasteiger partial charge is 0.237 e. The number of halogens is 3. The predicted molar refractivity (Wildman–Crippen MR) is 63.8 cm³/mol. The minimum atomic E-state index is -0.683. The number of nitrogens with one attached hydrogen (secondary N) is 1. The van der Waals surface area contributed by atoms with Crippen LogP contribution in [0.15, 0.2) is 18.2 Å². The first-order valence-electron chi connectivity index (χ1n) is 4.92. The number of amides is 1. The number of benzene rings is 1. The molecular formula is C11H15ClF2N2O. The van der Waals surface area contributed by atoms with E-state index in [2.05, 4.69) is 5.32 Å². The van der Waals surface area contributed by atoms with Crippen molar-refractivity contribution < 1.29 is 13.6 Å². The van der Waals surface area contributed by atoms with Crippen LogP contribution in [-0.4, -0.2) is 11.9 Å². The molecule has 96 valence electrons. The summed E-state index contributed by atoms with van der Waals surface area (Å²) in [5.41, 5.74) is 5.59. The van der Waals surface area contributed by atoms with Crippen molar-refractivity contribution in [2.24, 2.45) is 5.73 Å². The Balaban J connectivity index is 0.00000256. The van der Waals surface area contributed by atoms with Gasteiger partial charge in [0.1, 0.15) is 11.6 Å². The zero-order valence-electron chi connectivity index (χ0n) is 9.54. The first-order valence-corrected chi connectivity index (χ1v) is 4.92. The molecule has 17 heavy (non-hydrogen) atoms. The van der Waals surface area contributed by atoms with Gasteiger partial charge in [-0.05, 0) is 19.9 Å². The van der Waals surface area contributed by atoms with Crippen LogP contribution in [0.1, 0.15) is 25.5 Å². The highest BCUT2D eigenvalue weighted by atomic mass is 35.5. The molecule has 0 radical (unpaired) electrons. The van der Waals surface area contributed by atoms with E-state index in [0.29, 0.717) is 0 Å². The average Bonchev–Trinajstić information content (AvgIpc) is 2.16. The zero-order valence-corrected chi connectivity index (χ0v) is 10.4. The lowest BCUT2D eigenvalue weighted by Gasteiger charge is -2.16. The van der Waals surface area contributed by atoms with Gasteiger partial charge in [-0.15, -0.1) is 12.4 Å². The number of nitrogens with two attached hydrogens (primary N) is 1. The van der Waals surface area contributed by atoms with Gasteiger partial charge in [-0.1, -0.05) is 6.07 Å². The molecule has 0 saturated heterocycles. The normalized spacial score (nSPS) is 13.5. The lowest BCUT2D eigenvalue weighted by molar-refractivity contribution is -0.122. The van der Waals surface area contributed by atoms with Gasteiger partial charge >= 0.3 is 0 Å². The van der Waals surface area contributed by atoms with Crippen molar-refractivity contribution in [3.05, 3.63) is 35.4 Å². The van der Waals surface area contributed by atoms with Crippen molar-refractivity contribution in [2.45, 2.75) is 25.9 Å². The fourth-order valence-electron chi connectivity index (χ4n) is 1.28. The molecule has 0 fully saturated rings. The summed E-state index contributed by atoms with van der Waals surface area (Å²) in [6, 6.07) is 2.03. The van der Waals surface area contributed by atoms with Crippen LogP contribution in [0.3, 0.4) is 0 Å². The molecule has 0 bridgehead atoms. The third-order valence-corrected chi connectivity index (χ3v) is 2.20. The maximum atomic E-state index is 13.3. The standard InChI is InChI=1S/C11H14F2N2O.ClH/c1-6(14)11(16)15-7(2)9-4-3-8(12)5-10(9)13;/h3-7H,14H2,1-2H3,(H,15,16);1H/t6-,7-;/m1./s1. The summed E-state index contributed by atoms with van der Waals surface area (Å²) in [4.78, 5) is 11.3. The highest BCUT2D eigenvalue weighted by Gasteiger charge is 2.15. The van der Waals surface area contributed by atoms with Gasteiger partial charge in [-0.3, -0.25) is 4.79 Å². The van der Waals surface area contributed by atoms with Crippen molar-refractivity contribution in [1.82, 2.24) is 5.32 Å². The zero-order chi connectivity index (χ0) is 12.3. The molecule has 0 spiro atoms. The van der Waals surface area contributed by atoms with Crippen molar-refractivity contribution in [3.63, 3.8) is 0 Å². The van der Waals surface area contributed by atoms with Crippen molar-refractivity contribution in [3.8, 4) is 0 Å². The van der Waals surface area contributed by atoms with Gasteiger partial charge < -0.3 is 11.1 Å². The number of hydrogen-bond acceptors (Lipinski definition) is 2. The van der Waals surface area contributed by atoms with Gasteiger partial charge in [0.05, 0.1) is 12.1 Å². The molecule has 1 aromatic carbocycles. The average molecular weight is 265 g/mol. The summed E-state index contributed by atoms with van der Waals surface area (Å²) in [6.07, 6.45) is 0. The van der Waals surface area contributed by atoms with E-state index in [9.17, 15) is 13.6 Å². The fourth-order valence-corrected chi connectivity index (χ4v) is 1.28. The third-order valence-electron chi connectivity index (χ3n) is 2.20. The van der Waals surface area contributed by atoms with Gasteiger partial charge in [-0.2, -0.15) is 0 Å². The largest absolute Gasteiger partial charge is 0.348 e. The molecule has 1 amide bonds. The van der Waals surface area contributed by atoms with Crippen LogP contribution in [0.5, 0.6) is 0 Å². The third kappa shape index (κ3) is 4.28. The van der Waals surface area contributed by atoms with Crippen LogP contribution < -0.4 is 11.1 Å². The maximum absolute atomic E-state index is 13.3. The van der Waals surface area contributed by atoms with Crippen LogP contribution in [0.25, 0.3) is 0 Å². The topological polar surface area (TPSA) is 55.1 Å². The molecule has 0 unspecified atom stereocenters. The predicted octanol–water partition coefficient (Wildman–Crippen LogP) is 1.91. The van der Waals surface area contributed by atoms with E-state index in [0.717, 1.165) is 12.1 Å². The first kappa shape index (κ1) is 15.8. The molecular weight excluding hydrogens is 250 g/mol. The molecule has 0 aliphatic rings. The summed E-state index contributed by atoms with van der Waals surface area (Å²) >= 11 is 0. The van der Waals surface area contributed by atoms with Gasteiger partial charge in [0.15, 0.2) is 0 Å². The van der Waals surface area contributed by atoms with E-state index in [1.165, 1.54) is 13.0 Å². The van der Waals surface area contributed by atoms with Crippen LogP contribution in [0, 0.1) is 11.6 Å². The van der Waals surface area contributed by atoms with Gasteiger partial charge in [-0.25, -0.2) is 8.78 Å². The SMILES string of the molecule is C[C@@H](N)C(=O)N[C@H](C)c1ccc(F)cc1F.Cl. The maximum Gasteiger partial charge on any atom is 0.237 e. The van der Waals surface area contributed by atoms with Crippen molar-refractivity contribution in [1.29, 1.82) is 0 Å². The Bertz CT molecular complexity index is 399. The van der Waals surface area contributed by atoms with E-state index in [-0.39, 0.29) is 23.9 Å². The number of rotatable bonds is 3. The summed E-state index contributed by atoms with van der Waals surface area (Å²) < 4.78 is 26.0. The molecule has 0 aliphatic carbocycles. The van der Waals surface area contributed by atoms with Crippen LogP contribution in [0.2, 0.25) is 0 Å². The second-order valence-electron chi connectivity index (χ2n) is 3.68. The Hall–Kier alpha value is -1.20. The monoisotopic (exact) mass is 264 g/mol. The molecule has 2 atom stereocenters. The molecule has 0 heterocycles. The summed E-state index contributed by atoms with van der Waals surface area (Å²) in [5.74, 6) is -1.71.